The lowest BCUT2D eigenvalue weighted by atomic mass is 9.92. The fraction of sp³-hybridized carbons (Fsp3) is 0.259. The summed E-state index contributed by atoms with van der Waals surface area (Å²) in [5, 5.41) is 10.6. The Balaban J connectivity index is 1.50. The number of nitrogens with zero attached hydrogens (tertiary/aromatic N) is 5. The van der Waals surface area contributed by atoms with E-state index < -0.39 is 0 Å². The summed E-state index contributed by atoms with van der Waals surface area (Å²) in [7, 11) is 4.06. The number of hydrogen-bond donors (Lipinski definition) is 3. The third-order valence-corrected chi connectivity index (χ3v) is 5.37. The smallest absolute Gasteiger partial charge is 0.324 e. The van der Waals surface area contributed by atoms with Crippen molar-refractivity contribution in [2.45, 2.75) is 32.7 Å². The number of nitrogen functional groups attached to an aromatic ring is 1. The van der Waals surface area contributed by atoms with Gasteiger partial charge in [-0.25, -0.2) is 19.4 Å². The number of anilines is 3. The Kier molecular flexibility index (Phi) is 7.40. The van der Waals surface area contributed by atoms with Crippen LogP contribution < -0.4 is 21.1 Å². The first kappa shape index (κ1) is 25.6. The molecule has 0 atom stereocenters. The van der Waals surface area contributed by atoms with Gasteiger partial charge in [-0.1, -0.05) is 32.9 Å². The molecule has 0 saturated heterocycles. The molecular weight excluding hydrogens is 468 g/mol. The van der Waals surface area contributed by atoms with E-state index in [1.165, 1.54) is 12.4 Å². The monoisotopic (exact) mass is 500 g/mol. The highest BCUT2D eigenvalue weighted by molar-refractivity contribution is 5.99. The predicted molar refractivity (Wildman–Crippen MR) is 145 cm³/mol. The van der Waals surface area contributed by atoms with E-state index in [2.05, 4.69) is 58.4 Å². The van der Waals surface area contributed by atoms with E-state index in [4.69, 9.17) is 15.6 Å². The third kappa shape index (κ3) is 6.83. The van der Waals surface area contributed by atoms with Crippen LogP contribution in [-0.4, -0.2) is 44.8 Å². The van der Waals surface area contributed by atoms with Crippen LogP contribution in [0.1, 0.15) is 32.0 Å². The number of carbonyl (C=O) groups excluding carboxylic acids is 1. The van der Waals surface area contributed by atoms with E-state index in [9.17, 15) is 4.79 Å². The molecule has 192 valence electrons. The van der Waals surface area contributed by atoms with Crippen molar-refractivity contribution in [3.05, 3.63) is 78.2 Å². The molecule has 0 radical (unpaired) electrons. The van der Waals surface area contributed by atoms with Gasteiger partial charge >= 0.3 is 6.03 Å². The van der Waals surface area contributed by atoms with Crippen LogP contribution >= 0.6 is 0 Å². The lowest BCUT2D eigenvalue weighted by Crippen LogP contribution is -2.21. The highest BCUT2D eigenvalue weighted by atomic mass is 16.5. The number of nitrogens with two attached hydrogens (primary N) is 1. The highest BCUT2D eigenvalue weighted by Crippen LogP contribution is 2.27. The van der Waals surface area contributed by atoms with Gasteiger partial charge in [0.2, 0.25) is 5.88 Å². The molecule has 4 rings (SSSR count). The van der Waals surface area contributed by atoms with Gasteiger partial charge in [-0.3, -0.25) is 5.32 Å². The molecule has 0 bridgehead atoms. The zero-order chi connectivity index (χ0) is 26.6. The number of hydrogen-bond acceptors (Lipinski definition) is 7. The molecule has 0 saturated carbocycles. The van der Waals surface area contributed by atoms with E-state index in [-0.39, 0.29) is 11.4 Å². The highest BCUT2D eigenvalue weighted by Gasteiger charge is 2.22. The van der Waals surface area contributed by atoms with Crippen molar-refractivity contribution >= 4 is 23.4 Å². The lowest BCUT2D eigenvalue weighted by Gasteiger charge is -2.14. The fourth-order valence-corrected chi connectivity index (χ4v) is 3.60. The molecule has 10 heteroatoms. The second kappa shape index (κ2) is 10.7. The van der Waals surface area contributed by atoms with E-state index >= 15 is 0 Å². The minimum atomic E-state index is -0.386. The van der Waals surface area contributed by atoms with Gasteiger partial charge < -0.3 is 20.7 Å². The third-order valence-electron chi connectivity index (χ3n) is 5.37. The van der Waals surface area contributed by atoms with Gasteiger partial charge in [-0.15, -0.1) is 0 Å². The topological polar surface area (TPSA) is 123 Å². The molecule has 2 aromatic heterocycles. The number of benzene rings is 2. The number of amides is 2. The average molecular weight is 501 g/mol. The van der Waals surface area contributed by atoms with Crippen LogP contribution in [0.2, 0.25) is 0 Å². The molecule has 0 aliphatic carbocycles. The summed E-state index contributed by atoms with van der Waals surface area (Å²) in [4.78, 5) is 22.9. The summed E-state index contributed by atoms with van der Waals surface area (Å²) in [6.45, 7) is 7.07. The SMILES string of the molecule is CN(C)Cc1cccc(-n2nc(C(C)(C)C)cc2NC(=O)Nc2ccc(Oc3cc(N)ncn3)cc2)c1. The Morgan fingerprint density at radius 2 is 1.78 bits per heavy atom. The molecular formula is C27H32N8O2. The van der Waals surface area contributed by atoms with Crippen LogP contribution in [0.25, 0.3) is 5.69 Å². The molecule has 10 nitrogen and oxygen atoms in total. The molecule has 0 aliphatic heterocycles. The summed E-state index contributed by atoms with van der Waals surface area (Å²) in [5.41, 5.74) is 8.96. The van der Waals surface area contributed by atoms with Crippen molar-refractivity contribution in [3.63, 3.8) is 0 Å². The maximum atomic E-state index is 12.9. The van der Waals surface area contributed by atoms with Crippen molar-refractivity contribution < 1.29 is 9.53 Å². The Labute approximate surface area is 216 Å². The first-order valence-corrected chi connectivity index (χ1v) is 11.8. The molecule has 0 unspecified atom stereocenters. The van der Waals surface area contributed by atoms with Crippen molar-refractivity contribution in [1.29, 1.82) is 0 Å². The Hall–Kier alpha value is -4.44. The van der Waals surface area contributed by atoms with Gasteiger partial charge in [0.05, 0.1) is 11.4 Å². The van der Waals surface area contributed by atoms with Crippen LogP contribution in [0.5, 0.6) is 11.6 Å². The maximum absolute atomic E-state index is 12.9. The number of aromatic nitrogens is 4. The summed E-state index contributed by atoms with van der Waals surface area (Å²) < 4.78 is 7.44. The van der Waals surface area contributed by atoms with Gasteiger partial charge in [0, 0.05) is 29.8 Å². The molecule has 0 spiro atoms. The Morgan fingerprint density at radius 1 is 1.03 bits per heavy atom. The van der Waals surface area contributed by atoms with Crippen LogP contribution in [0.3, 0.4) is 0 Å². The van der Waals surface area contributed by atoms with E-state index in [1.807, 2.05) is 32.3 Å². The van der Waals surface area contributed by atoms with Crippen molar-refractivity contribution in [2.24, 2.45) is 0 Å². The van der Waals surface area contributed by atoms with Crippen LogP contribution in [-0.2, 0) is 12.0 Å². The van der Waals surface area contributed by atoms with Gasteiger partial charge in [0.15, 0.2) is 0 Å². The first-order valence-electron chi connectivity index (χ1n) is 11.8. The molecule has 2 aromatic carbocycles. The van der Waals surface area contributed by atoms with Gasteiger partial charge in [-0.2, -0.15) is 5.10 Å². The van der Waals surface area contributed by atoms with Crippen molar-refractivity contribution in [1.82, 2.24) is 24.6 Å². The summed E-state index contributed by atoms with van der Waals surface area (Å²) in [5.74, 6) is 1.78. The molecule has 0 aliphatic rings. The lowest BCUT2D eigenvalue weighted by molar-refractivity contribution is 0.262. The normalized spacial score (nSPS) is 11.4. The molecule has 2 amide bonds. The Morgan fingerprint density at radius 3 is 2.46 bits per heavy atom. The molecule has 4 N–H and O–H groups in total. The van der Waals surface area contributed by atoms with Gasteiger partial charge in [0.25, 0.3) is 0 Å². The van der Waals surface area contributed by atoms with Crippen molar-refractivity contribution in [2.75, 3.05) is 30.5 Å². The summed E-state index contributed by atoms with van der Waals surface area (Å²) in [6, 6.07) is 18.1. The molecule has 4 aromatic rings. The number of urea groups is 1. The second-order valence-corrected chi connectivity index (χ2v) is 9.97. The number of carbonyl (C=O) groups is 1. The zero-order valence-corrected chi connectivity index (χ0v) is 21.7. The molecule has 2 heterocycles. The average Bonchev–Trinajstić information content (AvgIpc) is 3.24. The minimum absolute atomic E-state index is 0.191. The van der Waals surface area contributed by atoms with E-state index in [1.54, 1.807) is 28.9 Å². The second-order valence-electron chi connectivity index (χ2n) is 9.97. The Bertz CT molecular complexity index is 1370. The van der Waals surface area contributed by atoms with E-state index in [0.717, 1.165) is 23.5 Å². The number of ether oxygens (including phenoxy) is 1. The van der Waals surface area contributed by atoms with Crippen LogP contribution in [0.15, 0.2) is 67.0 Å². The van der Waals surface area contributed by atoms with Gasteiger partial charge in [-0.05, 0) is 56.1 Å². The van der Waals surface area contributed by atoms with Gasteiger partial charge in [0.1, 0.15) is 23.7 Å². The number of rotatable bonds is 7. The largest absolute Gasteiger partial charge is 0.439 e. The summed E-state index contributed by atoms with van der Waals surface area (Å²) >= 11 is 0. The van der Waals surface area contributed by atoms with Crippen LogP contribution in [0, 0.1) is 0 Å². The quantitative estimate of drug-likeness (QED) is 0.325. The standard InChI is InChI=1S/C27H32N8O2/c1-27(2,3)22-14-24(35(33-22)20-8-6-7-18(13-20)16-34(4)5)32-26(36)31-19-9-11-21(12-10-19)37-25-15-23(28)29-17-30-25/h6-15,17H,16H2,1-5H3,(H2,28,29,30)(H2,31,32,36). The minimum Gasteiger partial charge on any atom is -0.439 e. The first-order chi connectivity index (χ1) is 17.6. The zero-order valence-electron chi connectivity index (χ0n) is 21.7. The molecule has 37 heavy (non-hydrogen) atoms. The summed E-state index contributed by atoms with van der Waals surface area (Å²) in [6.07, 6.45) is 1.33. The van der Waals surface area contributed by atoms with Crippen LogP contribution in [0.4, 0.5) is 22.1 Å². The van der Waals surface area contributed by atoms with Crippen molar-refractivity contribution in [3.8, 4) is 17.3 Å². The molecule has 0 fully saturated rings. The number of nitrogens with one attached hydrogen (secondary N) is 2. The van der Waals surface area contributed by atoms with E-state index in [0.29, 0.717) is 29.0 Å². The predicted octanol–water partition coefficient (Wildman–Crippen LogP) is 5.04. The maximum Gasteiger partial charge on any atom is 0.324 e. The fourth-order valence-electron chi connectivity index (χ4n) is 3.60.